The Morgan fingerprint density at radius 3 is 2.94 bits per heavy atom. The maximum absolute atomic E-state index is 11.7. The number of aliphatic hydroxyl groups excluding tert-OH is 1. The molecule has 0 aliphatic carbocycles. The summed E-state index contributed by atoms with van der Waals surface area (Å²) in [7, 11) is 0. The van der Waals surface area contributed by atoms with Crippen molar-refractivity contribution in [2.75, 3.05) is 25.0 Å². The number of aliphatic hydroxyl groups is 1. The van der Waals surface area contributed by atoms with Crippen LogP contribution in [0.5, 0.6) is 0 Å². The van der Waals surface area contributed by atoms with Gasteiger partial charge in [-0.05, 0) is 19.8 Å². The van der Waals surface area contributed by atoms with Crippen LogP contribution in [0, 0.1) is 6.92 Å². The van der Waals surface area contributed by atoms with E-state index in [1.54, 1.807) is 0 Å². The van der Waals surface area contributed by atoms with E-state index in [1.807, 2.05) is 12.3 Å². The second-order valence-corrected chi connectivity index (χ2v) is 5.21. The van der Waals surface area contributed by atoms with Crippen LogP contribution in [0.15, 0.2) is 5.38 Å². The first kappa shape index (κ1) is 12.5. The van der Waals surface area contributed by atoms with Gasteiger partial charge in [-0.3, -0.25) is 9.69 Å². The zero-order valence-corrected chi connectivity index (χ0v) is 10.7. The lowest BCUT2D eigenvalue weighted by atomic mass is 10.1. The minimum absolute atomic E-state index is 0.0317. The molecule has 6 heteroatoms. The molecule has 17 heavy (non-hydrogen) atoms. The highest BCUT2D eigenvalue weighted by Gasteiger charge is 2.19. The van der Waals surface area contributed by atoms with E-state index < -0.39 is 0 Å². The highest BCUT2D eigenvalue weighted by molar-refractivity contribution is 7.13. The molecule has 0 aromatic carbocycles. The minimum atomic E-state index is -0.198. The number of thiazole rings is 1. The van der Waals surface area contributed by atoms with Crippen LogP contribution in [0.3, 0.4) is 0 Å². The van der Waals surface area contributed by atoms with Crippen LogP contribution < -0.4 is 5.32 Å². The number of piperidine rings is 1. The van der Waals surface area contributed by atoms with Gasteiger partial charge in [0.25, 0.3) is 0 Å². The molecule has 0 bridgehead atoms. The van der Waals surface area contributed by atoms with Crippen molar-refractivity contribution in [2.45, 2.75) is 25.9 Å². The third-order valence-corrected chi connectivity index (χ3v) is 3.67. The summed E-state index contributed by atoms with van der Waals surface area (Å²) in [6.45, 7) is 3.85. The summed E-state index contributed by atoms with van der Waals surface area (Å²) in [4.78, 5) is 18.0. The average molecular weight is 255 g/mol. The summed E-state index contributed by atoms with van der Waals surface area (Å²) >= 11 is 1.44. The highest BCUT2D eigenvalue weighted by atomic mass is 32.1. The maximum Gasteiger partial charge on any atom is 0.240 e. The van der Waals surface area contributed by atoms with E-state index in [1.165, 1.54) is 11.3 Å². The first-order chi connectivity index (χ1) is 8.13. The van der Waals surface area contributed by atoms with E-state index in [2.05, 4.69) is 15.2 Å². The van der Waals surface area contributed by atoms with Gasteiger partial charge < -0.3 is 10.4 Å². The highest BCUT2D eigenvalue weighted by Crippen LogP contribution is 2.15. The second-order valence-electron chi connectivity index (χ2n) is 4.35. The molecule has 1 fully saturated rings. The van der Waals surface area contributed by atoms with Gasteiger partial charge in [-0.25, -0.2) is 4.98 Å². The van der Waals surface area contributed by atoms with E-state index in [4.69, 9.17) is 0 Å². The number of hydrogen-bond acceptors (Lipinski definition) is 5. The van der Waals surface area contributed by atoms with Gasteiger partial charge in [0.1, 0.15) is 0 Å². The van der Waals surface area contributed by atoms with Gasteiger partial charge in [0, 0.05) is 18.5 Å². The zero-order chi connectivity index (χ0) is 12.3. The molecule has 0 saturated carbocycles. The number of nitrogens with zero attached hydrogens (tertiary/aromatic N) is 2. The number of rotatable bonds is 3. The lowest BCUT2D eigenvalue weighted by Gasteiger charge is -2.28. The molecule has 1 aliphatic rings. The standard InChI is InChI=1S/C11H17N3O2S/c1-8-7-17-11(12-8)13-10(16)6-14-4-2-9(15)3-5-14/h7,9,15H,2-6H2,1H3,(H,12,13,16). The lowest BCUT2D eigenvalue weighted by Crippen LogP contribution is -2.40. The quantitative estimate of drug-likeness (QED) is 0.840. The number of anilines is 1. The Balaban J connectivity index is 1.77. The summed E-state index contributed by atoms with van der Waals surface area (Å²) < 4.78 is 0. The van der Waals surface area contributed by atoms with Gasteiger partial charge in [0.15, 0.2) is 5.13 Å². The number of nitrogens with one attached hydrogen (secondary N) is 1. The van der Waals surface area contributed by atoms with Crippen LogP contribution >= 0.6 is 11.3 Å². The molecule has 1 aromatic rings. The van der Waals surface area contributed by atoms with Gasteiger partial charge in [-0.15, -0.1) is 11.3 Å². The number of hydrogen-bond donors (Lipinski definition) is 2. The smallest absolute Gasteiger partial charge is 0.240 e. The van der Waals surface area contributed by atoms with Crippen molar-refractivity contribution in [3.05, 3.63) is 11.1 Å². The summed E-state index contributed by atoms with van der Waals surface area (Å²) in [5.41, 5.74) is 0.923. The largest absolute Gasteiger partial charge is 0.393 e. The molecule has 2 rings (SSSR count). The Kier molecular flexibility index (Phi) is 4.09. The zero-order valence-electron chi connectivity index (χ0n) is 9.85. The van der Waals surface area contributed by atoms with Gasteiger partial charge in [0.2, 0.25) is 5.91 Å². The number of carbonyl (C=O) groups is 1. The number of likely N-dealkylation sites (tertiary alicyclic amines) is 1. The molecular weight excluding hydrogens is 238 g/mol. The van der Waals surface area contributed by atoms with E-state index in [9.17, 15) is 9.90 Å². The third-order valence-electron chi connectivity index (χ3n) is 2.79. The minimum Gasteiger partial charge on any atom is -0.393 e. The predicted molar refractivity (Wildman–Crippen MR) is 67.2 cm³/mol. The van der Waals surface area contributed by atoms with Crippen LogP contribution in [0.4, 0.5) is 5.13 Å². The van der Waals surface area contributed by atoms with Crippen LogP contribution in [-0.4, -0.2) is 46.6 Å². The Hall–Kier alpha value is -0.980. The Bertz CT molecular complexity index is 386. The predicted octanol–water partition coefficient (Wildman–Crippen LogP) is 0.847. The van der Waals surface area contributed by atoms with Gasteiger partial charge in [-0.1, -0.05) is 0 Å². The fourth-order valence-electron chi connectivity index (χ4n) is 1.85. The molecule has 0 unspecified atom stereocenters. The molecule has 0 atom stereocenters. The molecule has 0 radical (unpaired) electrons. The van der Waals surface area contributed by atoms with Crippen molar-refractivity contribution in [3.8, 4) is 0 Å². The Morgan fingerprint density at radius 1 is 1.65 bits per heavy atom. The molecule has 2 N–H and O–H groups in total. The molecule has 1 saturated heterocycles. The monoisotopic (exact) mass is 255 g/mol. The van der Waals surface area contributed by atoms with Crippen LogP contribution in [-0.2, 0) is 4.79 Å². The van der Waals surface area contributed by atoms with Crippen molar-refractivity contribution < 1.29 is 9.90 Å². The Morgan fingerprint density at radius 2 is 2.35 bits per heavy atom. The topological polar surface area (TPSA) is 65.5 Å². The van der Waals surface area contributed by atoms with Gasteiger partial charge >= 0.3 is 0 Å². The molecule has 5 nitrogen and oxygen atoms in total. The van der Waals surface area contributed by atoms with E-state index in [-0.39, 0.29) is 12.0 Å². The van der Waals surface area contributed by atoms with Crippen molar-refractivity contribution in [2.24, 2.45) is 0 Å². The van der Waals surface area contributed by atoms with E-state index >= 15 is 0 Å². The summed E-state index contributed by atoms with van der Waals surface area (Å²) in [5, 5.41) is 14.7. The van der Waals surface area contributed by atoms with E-state index in [0.717, 1.165) is 31.6 Å². The molecule has 2 heterocycles. The van der Waals surface area contributed by atoms with Gasteiger partial charge in [0.05, 0.1) is 18.3 Å². The lowest BCUT2D eigenvalue weighted by molar-refractivity contribution is -0.117. The number of aryl methyl sites for hydroxylation is 1. The fraction of sp³-hybridized carbons (Fsp3) is 0.636. The van der Waals surface area contributed by atoms with Crippen LogP contribution in [0.2, 0.25) is 0 Å². The third kappa shape index (κ3) is 3.76. The van der Waals surface area contributed by atoms with Crippen molar-refractivity contribution in [1.82, 2.24) is 9.88 Å². The maximum atomic E-state index is 11.7. The summed E-state index contributed by atoms with van der Waals surface area (Å²) in [6, 6.07) is 0. The normalized spacial score (nSPS) is 18.2. The molecule has 1 aromatic heterocycles. The summed E-state index contributed by atoms with van der Waals surface area (Å²) in [5.74, 6) is -0.0317. The molecular formula is C11H17N3O2S. The molecule has 94 valence electrons. The van der Waals surface area contributed by atoms with Crippen LogP contribution in [0.25, 0.3) is 0 Å². The van der Waals surface area contributed by atoms with Crippen molar-refractivity contribution >= 4 is 22.4 Å². The number of amides is 1. The summed E-state index contributed by atoms with van der Waals surface area (Å²) in [6.07, 6.45) is 1.31. The number of aromatic nitrogens is 1. The van der Waals surface area contributed by atoms with Crippen molar-refractivity contribution in [1.29, 1.82) is 0 Å². The molecule has 1 aliphatic heterocycles. The van der Waals surface area contributed by atoms with Crippen LogP contribution in [0.1, 0.15) is 18.5 Å². The van der Waals surface area contributed by atoms with Gasteiger partial charge in [-0.2, -0.15) is 0 Å². The molecule has 1 amide bonds. The van der Waals surface area contributed by atoms with E-state index in [0.29, 0.717) is 11.7 Å². The van der Waals surface area contributed by atoms with Crippen molar-refractivity contribution in [3.63, 3.8) is 0 Å². The number of carbonyl (C=O) groups excluding carboxylic acids is 1. The molecule has 0 spiro atoms. The first-order valence-corrected chi connectivity index (χ1v) is 6.64. The second kappa shape index (κ2) is 5.57. The fourth-order valence-corrected chi connectivity index (χ4v) is 2.56. The first-order valence-electron chi connectivity index (χ1n) is 5.76. The Labute approximate surface area is 104 Å². The SMILES string of the molecule is Cc1csc(NC(=O)CN2CCC(O)CC2)n1. The average Bonchev–Trinajstić information content (AvgIpc) is 2.67.